The minimum Gasteiger partial charge on any atom is -0.494 e. The predicted molar refractivity (Wildman–Crippen MR) is 188 cm³/mol. The van der Waals surface area contributed by atoms with Gasteiger partial charge in [0.1, 0.15) is 17.2 Å². The summed E-state index contributed by atoms with van der Waals surface area (Å²) in [5, 5.41) is 5.00. The molecule has 2 N–H and O–H groups in total. The van der Waals surface area contributed by atoms with Crippen LogP contribution >= 0.6 is 11.8 Å². The Kier molecular flexibility index (Phi) is 11.7. The molecular weight excluding hydrogens is 627 g/mol. The van der Waals surface area contributed by atoms with E-state index in [1.165, 1.54) is 16.7 Å². The highest BCUT2D eigenvalue weighted by Crippen LogP contribution is 2.35. The van der Waals surface area contributed by atoms with E-state index in [-0.39, 0.29) is 23.9 Å². The van der Waals surface area contributed by atoms with Gasteiger partial charge in [-0.2, -0.15) is 0 Å². The molecule has 1 unspecified atom stereocenters. The standard InChI is InChI=1S/C38H37N3O6S/c1-3-5-23-47-31-19-15-29(16-20-31)41-35(42)25-34(38(41)45)48-32-21-13-28(14-22-32)39-37(44)33(40-36(43)27-9-7-6-8-10-27)24-26-11-17-30(18-12-26)46-4-2/h6-22,24,34H,3-5,23,25H2,1-2H3,(H,39,44)(H,40,43)/b33-24-. The molecule has 4 aromatic carbocycles. The Morgan fingerprint density at radius 3 is 2.19 bits per heavy atom. The molecule has 0 saturated carbocycles. The quantitative estimate of drug-likeness (QED) is 0.0841. The van der Waals surface area contributed by atoms with E-state index in [1.54, 1.807) is 103 Å². The van der Waals surface area contributed by atoms with E-state index in [1.807, 2.05) is 13.0 Å². The van der Waals surface area contributed by atoms with Crippen LogP contribution in [-0.2, 0) is 14.4 Å². The minimum absolute atomic E-state index is 0.0576. The highest BCUT2D eigenvalue weighted by molar-refractivity contribution is 8.00. The zero-order valence-corrected chi connectivity index (χ0v) is 27.6. The van der Waals surface area contributed by atoms with Gasteiger partial charge in [0.2, 0.25) is 11.8 Å². The fraction of sp³-hybridized carbons (Fsp3) is 0.211. The maximum absolute atomic E-state index is 13.4. The molecule has 1 aliphatic rings. The largest absolute Gasteiger partial charge is 0.494 e. The van der Waals surface area contributed by atoms with Crippen molar-refractivity contribution in [3.63, 3.8) is 0 Å². The van der Waals surface area contributed by atoms with Gasteiger partial charge in [0, 0.05) is 22.6 Å². The van der Waals surface area contributed by atoms with Crippen molar-refractivity contribution in [1.29, 1.82) is 0 Å². The number of benzene rings is 4. The molecule has 246 valence electrons. The lowest BCUT2D eigenvalue weighted by atomic mass is 10.1. The first kappa shape index (κ1) is 34.0. The molecule has 48 heavy (non-hydrogen) atoms. The Morgan fingerprint density at radius 2 is 1.52 bits per heavy atom. The highest BCUT2D eigenvalue weighted by Gasteiger charge is 2.40. The summed E-state index contributed by atoms with van der Waals surface area (Å²) in [6.45, 7) is 5.14. The number of carbonyl (C=O) groups excluding carboxylic acids is 4. The smallest absolute Gasteiger partial charge is 0.272 e. The molecule has 1 saturated heterocycles. The van der Waals surface area contributed by atoms with E-state index >= 15 is 0 Å². The molecular formula is C38H37N3O6S. The maximum atomic E-state index is 13.4. The van der Waals surface area contributed by atoms with Gasteiger partial charge in [0.15, 0.2) is 0 Å². The minimum atomic E-state index is -0.574. The average molecular weight is 664 g/mol. The second-order valence-corrected chi connectivity index (χ2v) is 12.2. The molecule has 0 bridgehead atoms. The number of hydrogen-bond acceptors (Lipinski definition) is 7. The zero-order chi connectivity index (χ0) is 33.9. The van der Waals surface area contributed by atoms with Gasteiger partial charge in [-0.25, -0.2) is 4.90 Å². The third-order valence-electron chi connectivity index (χ3n) is 7.39. The highest BCUT2D eigenvalue weighted by atomic mass is 32.2. The van der Waals surface area contributed by atoms with Crippen LogP contribution < -0.4 is 25.0 Å². The van der Waals surface area contributed by atoms with Crippen molar-refractivity contribution in [2.45, 2.75) is 43.3 Å². The van der Waals surface area contributed by atoms with Crippen LogP contribution in [0.2, 0.25) is 0 Å². The summed E-state index contributed by atoms with van der Waals surface area (Å²) in [4.78, 5) is 54.5. The van der Waals surface area contributed by atoms with Gasteiger partial charge in [-0.15, -0.1) is 11.8 Å². The predicted octanol–water partition coefficient (Wildman–Crippen LogP) is 7.10. The summed E-state index contributed by atoms with van der Waals surface area (Å²) in [5.74, 6) is -0.0732. The number of nitrogens with one attached hydrogen (secondary N) is 2. The Morgan fingerprint density at radius 1 is 0.854 bits per heavy atom. The van der Waals surface area contributed by atoms with Gasteiger partial charge in [0.25, 0.3) is 11.8 Å². The van der Waals surface area contributed by atoms with E-state index in [9.17, 15) is 19.2 Å². The molecule has 10 heteroatoms. The van der Waals surface area contributed by atoms with Crippen LogP contribution in [0.25, 0.3) is 6.08 Å². The van der Waals surface area contributed by atoms with Crippen LogP contribution in [0.1, 0.15) is 49.0 Å². The Bertz CT molecular complexity index is 1760. The molecule has 4 aromatic rings. The van der Waals surface area contributed by atoms with E-state index in [0.717, 1.165) is 17.7 Å². The number of thioether (sulfide) groups is 1. The van der Waals surface area contributed by atoms with E-state index in [2.05, 4.69) is 17.6 Å². The molecule has 4 amide bonds. The van der Waals surface area contributed by atoms with Crippen molar-refractivity contribution >= 4 is 52.8 Å². The van der Waals surface area contributed by atoms with Crippen molar-refractivity contribution in [1.82, 2.24) is 5.32 Å². The molecule has 1 fully saturated rings. The Balaban J connectivity index is 1.24. The van der Waals surface area contributed by atoms with Crippen LogP contribution in [0.4, 0.5) is 11.4 Å². The molecule has 0 aromatic heterocycles. The van der Waals surface area contributed by atoms with E-state index < -0.39 is 17.1 Å². The third kappa shape index (κ3) is 8.92. The monoisotopic (exact) mass is 663 g/mol. The van der Waals surface area contributed by atoms with Gasteiger partial charge in [-0.05, 0) is 97.8 Å². The second-order valence-electron chi connectivity index (χ2n) is 10.9. The SMILES string of the molecule is CCCCOc1ccc(N2C(=O)CC(Sc3ccc(NC(=O)/C(=C/c4ccc(OCC)cc4)NC(=O)c4ccccc4)cc3)C2=O)cc1. The third-order valence-corrected chi connectivity index (χ3v) is 8.59. The topological polar surface area (TPSA) is 114 Å². The fourth-order valence-corrected chi connectivity index (χ4v) is 5.96. The van der Waals surface area contributed by atoms with Gasteiger partial charge >= 0.3 is 0 Å². The summed E-state index contributed by atoms with van der Waals surface area (Å²) < 4.78 is 11.2. The lowest BCUT2D eigenvalue weighted by Crippen LogP contribution is -2.31. The molecule has 0 aliphatic carbocycles. The van der Waals surface area contributed by atoms with Crippen molar-refractivity contribution in [3.8, 4) is 11.5 Å². The first-order valence-electron chi connectivity index (χ1n) is 15.8. The number of anilines is 2. The van der Waals surface area contributed by atoms with E-state index in [4.69, 9.17) is 9.47 Å². The van der Waals surface area contributed by atoms with Crippen molar-refractivity contribution < 1.29 is 28.7 Å². The number of unbranched alkanes of at least 4 members (excludes halogenated alkanes) is 1. The van der Waals surface area contributed by atoms with Gasteiger partial charge in [0.05, 0.1) is 24.2 Å². The number of amides is 4. The van der Waals surface area contributed by atoms with Crippen molar-refractivity contribution in [2.75, 3.05) is 23.4 Å². The number of carbonyl (C=O) groups is 4. The summed E-state index contributed by atoms with van der Waals surface area (Å²) in [5.41, 5.74) is 2.18. The number of hydrogen-bond donors (Lipinski definition) is 2. The van der Waals surface area contributed by atoms with Crippen LogP contribution in [0.5, 0.6) is 11.5 Å². The normalized spacial score (nSPS) is 14.5. The summed E-state index contributed by atoms with van der Waals surface area (Å²) in [6.07, 6.45) is 3.66. The molecule has 1 aliphatic heterocycles. The maximum Gasteiger partial charge on any atom is 0.272 e. The first-order chi connectivity index (χ1) is 23.3. The fourth-order valence-electron chi connectivity index (χ4n) is 4.91. The lowest BCUT2D eigenvalue weighted by molar-refractivity contribution is -0.121. The molecule has 1 atom stereocenters. The summed E-state index contributed by atoms with van der Waals surface area (Å²) >= 11 is 1.30. The second kappa shape index (κ2) is 16.5. The lowest BCUT2D eigenvalue weighted by Gasteiger charge is -2.16. The van der Waals surface area contributed by atoms with Crippen molar-refractivity contribution in [2.24, 2.45) is 0 Å². The van der Waals surface area contributed by atoms with Crippen LogP contribution in [0.15, 0.2) is 114 Å². The molecule has 5 rings (SSSR count). The van der Waals surface area contributed by atoms with Gasteiger partial charge < -0.3 is 20.1 Å². The molecule has 9 nitrogen and oxygen atoms in total. The van der Waals surface area contributed by atoms with Gasteiger partial charge in [-0.1, -0.05) is 43.7 Å². The summed E-state index contributed by atoms with van der Waals surface area (Å²) in [7, 11) is 0. The van der Waals surface area contributed by atoms with Crippen LogP contribution in [0.3, 0.4) is 0 Å². The molecule has 1 heterocycles. The Labute approximate surface area is 284 Å². The molecule has 0 radical (unpaired) electrons. The van der Waals surface area contributed by atoms with Crippen LogP contribution in [0, 0.1) is 0 Å². The average Bonchev–Trinajstić information content (AvgIpc) is 3.38. The molecule has 0 spiro atoms. The number of imide groups is 1. The number of nitrogens with zero attached hydrogens (tertiary/aromatic N) is 1. The van der Waals surface area contributed by atoms with Crippen LogP contribution in [-0.4, -0.2) is 42.1 Å². The first-order valence-corrected chi connectivity index (χ1v) is 16.7. The van der Waals surface area contributed by atoms with Gasteiger partial charge in [-0.3, -0.25) is 19.2 Å². The number of ether oxygens (including phenoxy) is 2. The Hall–Kier alpha value is -5.35. The summed E-state index contributed by atoms with van der Waals surface area (Å²) in [6, 6.07) is 29.8. The van der Waals surface area contributed by atoms with Crippen molar-refractivity contribution in [3.05, 3.63) is 120 Å². The number of rotatable bonds is 14. The van der Waals surface area contributed by atoms with E-state index in [0.29, 0.717) is 47.2 Å². The zero-order valence-electron chi connectivity index (χ0n) is 26.8.